The van der Waals surface area contributed by atoms with E-state index in [4.69, 9.17) is 10.3 Å². The zero-order valence-electron chi connectivity index (χ0n) is 10.7. The van der Waals surface area contributed by atoms with Crippen molar-refractivity contribution in [3.8, 4) is 11.5 Å². The molecule has 0 aliphatic carbocycles. The fourth-order valence-electron chi connectivity index (χ4n) is 1.87. The van der Waals surface area contributed by atoms with Gasteiger partial charge in [-0.1, -0.05) is 25.1 Å². The van der Waals surface area contributed by atoms with Crippen molar-refractivity contribution < 1.29 is 4.52 Å². The zero-order chi connectivity index (χ0) is 13.0. The van der Waals surface area contributed by atoms with E-state index in [9.17, 15) is 0 Å². The summed E-state index contributed by atoms with van der Waals surface area (Å²) in [5, 5.41) is 3.96. The Balaban J connectivity index is 2.19. The Morgan fingerprint density at radius 1 is 1.33 bits per heavy atom. The summed E-state index contributed by atoms with van der Waals surface area (Å²) in [6, 6.07) is 5.60. The lowest BCUT2D eigenvalue weighted by atomic mass is 9.97. The molecule has 0 saturated carbocycles. The lowest BCUT2D eigenvalue weighted by molar-refractivity contribution is 0.334. The Hall–Kier alpha value is -1.75. The molecule has 2 rings (SSSR count). The Morgan fingerprint density at radius 3 is 2.78 bits per heavy atom. The van der Waals surface area contributed by atoms with Crippen LogP contribution in [0.1, 0.15) is 32.1 Å². The Bertz CT molecular complexity index is 481. The lowest BCUT2D eigenvalue weighted by Gasteiger charge is -2.11. The molecule has 0 fully saturated rings. The highest BCUT2D eigenvalue weighted by Gasteiger charge is 2.19. The molecule has 2 aromatic heterocycles. The largest absolute Gasteiger partial charge is 0.339 e. The van der Waals surface area contributed by atoms with Gasteiger partial charge in [-0.25, -0.2) is 0 Å². The molecule has 2 heterocycles. The normalized spacial score (nSPS) is 12.9. The summed E-state index contributed by atoms with van der Waals surface area (Å²) >= 11 is 0. The van der Waals surface area contributed by atoms with Crippen LogP contribution in [0, 0.1) is 5.92 Å². The Labute approximate surface area is 106 Å². The van der Waals surface area contributed by atoms with E-state index in [0.717, 1.165) is 6.42 Å². The van der Waals surface area contributed by atoms with Crippen molar-refractivity contribution in [2.24, 2.45) is 11.7 Å². The van der Waals surface area contributed by atoms with Crippen molar-refractivity contribution in [3.63, 3.8) is 0 Å². The van der Waals surface area contributed by atoms with Crippen LogP contribution in [0.25, 0.3) is 11.5 Å². The van der Waals surface area contributed by atoms with E-state index in [0.29, 0.717) is 29.9 Å². The van der Waals surface area contributed by atoms with Crippen LogP contribution in [-0.4, -0.2) is 21.7 Å². The highest BCUT2D eigenvalue weighted by molar-refractivity contribution is 5.47. The van der Waals surface area contributed by atoms with E-state index in [2.05, 4.69) is 29.0 Å². The maximum atomic E-state index is 5.76. The molecule has 0 bridgehead atoms. The first-order chi connectivity index (χ1) is 8.70. The molecule has 1 atom stereocenters. The van der Waals surface area contributed by atoms with Crippen molar-refractivity contribution in [2.75, 3.05) is 6.54 Å². The summed E-state index contributed by atoms with van der Waals surface area (Å²) in [4.78, 5) is 8.58. The standard InChI is InChI=1S/C13H18N4O/c1-9(2)7-10(8-14)13-16-12(17-18-13)11-5-3-4-6-15-11/h3-6,9-10H,7-8,14H2,1-2H3. The predicted molar refractivity (Wildman–Crippen MR) is 68.8 cm³/mol. The van der Waals surface area contributed by atoms with Gasteiger partial charge in [-0.2, -0.15) is 4.98 Å². The first kappa shape index (κ1) is 12.7. The van der Waals surface area contributed by atoms with Gasteiger partial charge in [0.25, 0.3) is 0 Å². The highest BCUT2D eigenvalue weighted by atomic mass is 16.5. The fourth-order valence-corrected chi connectivity index (χ4v) is 1.87. The zero-order valence-corrected chi connectivity index (χ0v) is 10.7. The Kier molecular flexibility index (Phi) is 4.04. The van der Waals surface area contributed by atoms with Crippen LogP contribution in [0.15, 0.2) is 28.9 Å². The van der Waals surface area contributed by atoms with Crippen LogP contribution in [-0.2, 0) is 0 Å². The summed E-state index contributed by atoms with van der Waals surface area (Å²) in [5.41, 5.74) is 6.47. The molecule has 0 aliphatic rings. The van der Waals surface area contributed by atoms with Gasteiger partial charge in [0.2, 0.25) is 11.7 Å². The van der Waals surface area contributed by atoms with E-state index in [1.807, 2.05) is 18.2 Å². The summed E-state index contributed by atoms with van der Waals surface area (Å²) in [7, 11) is 0. The van der Waals surface area contributed by atoms with Gasteiger partial charge < -0.3 is 10.3 Å². The molecular weight excluding hydrogens is 228 g/mol. The molecule has 18 heavy (non-hydrogen) atoms. The van der Waals surface area contributed by atoms with Gasteiger partial charge >= 0.3 is 0 Å². The smallest absolute Gasteiger partial charge is 0.231 e. The van der Waals surface area contributed by atoms with Gasteiger partial charge in [-0.3, -0.25) is 4.98 Å². The van der Waals surface area contributed by atoms with Crippen molar-refractivity contribution in [3.05, 3.63) is 30.3 Å². The van der Waals surface area contributed by atoms with Crippen molar-refractivity contribution >= 4 is 0 Å². The van der Waals surface area contributed by atoms with Crippen LogP contribution in [0.2, 0.25) is 0 Å². The second-order valence-electron chi connectivity index (χ2n) is 4.73. The minimum absolute atomic E-state index is 0.120. The van der Waals surface area contributed by atoms with Gasteiger partial charge in [0.15, 0.2) is 0 Å². The number of aromatic nitrogens is 3. The maximum Gasteiger partial charge on any atom is 0.231 e. The number of hydrogen-bond acceptors (Lipinski definition) is 5. The number of rotatable bonds is 5. The Morgan fingerprint density at radius 2 is 2.17 bits per heavy atom. The van der Waals surface area contributed by atoms with Gasteiger partial charge in [-0.05, 0) is 24.5 Å². The van der Waals surface area contributed by atoms with Crippen LogP contribution in [0.5, 0.6) is 0 Å². The molecule has 0 spiro atoms. The molecule has 0 saturated heterocycles. The van der Waals surface area contributed by atoms with Gasteiger partial charge in [-0.15, -0.1) is 0 Å². The predicted octanol–water partition coefficient (Wildman–Crippen LogP) is 2.22. The summed E-state index contributed by atoms with van der Waals surface area (Å²) in [5.74, 6) is 1.79. The highest BCUT2D eigenvalue weighted by Crippen LogP contribution is 2.23. The van der Waals surface area contributed by atoms with Crippen molar-refractivity contribution in [1.82, 2.24) is 15.1 Å². The molecule has 0 aliphatic heterocycles. The number of pyridine rings is 1. The third kappa shape index (κ3) is 2.92. The van der Waals surface area contributed by atoms with E-state index in [-0.39, 0.29) is 5.92 Å². The monoisotopic (exact) mass is 246 g/mol. The van der Waals surface area contributed by atoms with Crippen LogP contribution in [0.3, 0.4) is 0 Å². The van der Waals surface area contributed by atoms with Crippen molar-refractivity contribution in [1.29, 1.82) is 0 Å². The van der Waals surface area contributed by atoms with E-state index in [1.54, 1.807) is 6.20 Å². The second kappa shape index (κ2) is 5.73. The molecule has 96 valence electrons. The molecule has 0 aromatic carbocycles. The van der Waals surface area contributed by atoms with E-state index < -0.39 is 0 Å². The average molecular weight is 246 g/mol. The van der Waals surface area contributed by atoms with Gasteiger partial charge in [0, 0.05) is 12.7 Å². The molecular formula is C13H18N4O. The van der Waals surface area contributed by atoms with Crippen molar-refractivity contribution in [2.45, 2.75) is 26.2 Å². The minimum Gasteiger partial charge on any atom is -0.339 e. The van der Waals surface area contributed by atoms with Gasteiger partial charge in [0.1, 0.15) is 5.69 Å². The molecule has 0 radical (unpaired) electrons. The van der Waals surface area contributed by atoms with E-state index >= 15 is 0 Å². The molecule has 5 heteroatoms. The number of hydrogen-bond donors (Lipinski definition) is 1. The van der Waals surface area contributed by atoms with Crippen LogP contribution < -0.4 is 5.73 Å². The topological polar surface area (TPSA) is 77.8 Å². The first-order valence-electron chi connectivity index (χ1n) is 6.15. The summed E-state index contributed by atoms with van der Waals surface area (Å²) in [6.45, 7) is 4.82. The fraction of sp³-hybridized carbons (Fsp3) is 0.462. The SMILES string of the molecule is CC(C)CC(CN)c1nc(-c2ccccn2)no1. The third-order valence-corrected chi connectivity index (χ3v) is 2.73. The third-order valence-electron chi connectivity index (χ3n) is 2.73. The number of nitrogens with zero attached hydrogens (tertiary/aromatic N) is 3. The molecule has 1 unspecified atom stereocenters. The lowest BCUT2D eigenvalue weighted by Crippen LogP contribution is -2.15. The second-order valence-corrected chi connectivity index (χ2v) is 4.73. The van der Waals surface area contributed by atoms with E-state index in [1.165, 1.54) is 0 Å². The quantitative estimate of drug-likeness (QED) is 0.875. The summed E-state index contributed by atoms with van der Waals surface area (Å²) in [6.07, 6.45) is 2.65. The average Bonchev–Trinajstić information content (AvgIpc) is 2.86. The minimum atomic E-state index is 0.120. The molecule has 0 amide bonds. The molecule has 2 N–H and O–H groups in total. The molecule has 2 aromatic rings. The molecule has 5 nitrogen and oxygen atoms in total. The summed E-state index contributed by atoms with van der Waals surface area (Å²) < 4.78 is 5.29. The van der Waals surface area contributed by atoms with Gasteiger partial charge in [0.05, 0.1) is 5.92 Å². The first-order valence-corrected chi connectivity index (χ1v) is 6.15. The van der Waals surface area contributed by atoms with Crippen LogP contribution >= 0.6 is 0 Å². The van der Waals surface area contributed by atoms with Crippen LogP contribution in [0.4, 0.5) is 0 Å². The number of nitrogens with two attached hydrogens (primary N) is 1. The maximum absolute atomic E-state index is 5.76.